The Morgan fingerprint density at radius 3 is 1.90 bits per heavy atom. The molecule has 0 aliphatic rings. The summed E-state index contributed by atoms with van der Waals surface area (Å²) in [7, 11) is 0. The number of amides is 1. The molecule has 2 rings (SSSR count). The fourth-order valence-corrected chi connectivity index (χ4v) is 1.46. The number of non-ortho nitro benzene ring substituents is 1. The van der Waals surface area contributed by atoms with E-state index in [0.29, 0.717) is 6.42 Å². The lowest BCUT2D eigenvalue weighted by Crippen LogP contribution is -2.10. The molecule has 0 saturated carbocycles. The number of benzene rings is 2. The molecule has 0 aromatic heterocycles. The van der Waals surface area contributed by atoms with Crippen molar-refractivity contribution in [3.63, 3.8) is 0 Å². The van der Waals surface area contributed by atoms with Gasteiger partial charge in [0.25, 0.3) is 5.69 Å². The quantitative estimate of drug-likeness (QED) is 0.685. The minimum Gasteiger partial charge on any atom is -0.370 e. The Balaban J connectivity index is 0.000000204. The summed E-state index contributed by atoms with van der Waals surface area (Å²) in [6.07, 6.45) is 1.18. The molecular weight excluding hydrogens is 256 g/mol. The number of nitro groups is 1. The molecule has 0 spiro atoms. The van der Waals surface area contributed by atoms with Gasteiger partial charge in [0.15, 0.2) is 0 Å². The molecule has 2 aromatic carbocycles. The first kappa shape index (κ1) is 15.4. The van der Waals surface area contributed by atoms with Gasteiger partial charge in [0, 0.05) is 18.6 Å². The highest BCUT2D eigenvalue weighted by Gasteiger charge is 1.98. The number of carbonyl (C=O) groups excluding carboxylic acids is 1. The van der Waals surface area contributed by atoms with E-state index in [1.165, 1.54) is 12.1 Å². The van der Waals surface area contributed by atoms with Gasteiger partial charge in [-0.3, -0.25) is 14.9 Å². The number of para-hydroxylation sites is 1. The van der Waals surface area contributed by atoms with E-state index in [0.717, 1.165) is 12.0 Å². The van der Waals surface area contributed by atoms with E-state index < -0.39 is 4.92 Å². The van der Waals surface area contributed by atoms with Crippen LogP contribution in [-0.4, -0.2) is 10.8 Å². The van der Waals surface area contributed by atoms with Gasteiger partial charge in [-0.2, -0.15) is 0 Å². The van der Waals surface area contributed by atoms with Crippen molar-refractivity contribution in [2.45, 2.75) is 12.8 Å². The van der Waals surface area contributed by atoms with Crippen molar-refractivity contribution < 1.29 is 9.72 Å². The average Bonchev–Trinajstić information content (AvgIpc) is 2.48. The maximum atomic E-state index is 10.4. The molecule has 0 aliphatic heterocycles. The smallest absolute Gasteiger partial charge is 0.269 e. The van der Waals surface area contributed by atoms with Crippen molar-refractivity contribution in [2.75, 3.05) is 0 Å². The van der Waals surface area contributed by atoms with E-state index >= 15 is 0 Å². The number of nitrogens with two attached hydrogens (primary N) is 1. The number of nitro benzene ring substituents is 1. The van der Waals surface area contributed by atoms with E-state index in [4.69, 9.17) is 5.73 Å². The summed E-state index contributed by atoms with van der Waals surface area (Å²) in [4.78, 5) is 20.0. The minimum atomic E-state index is -0.417. The Labute approximate surface area is 117 Å². The molecule has 0 fully saturated rings. The average molecular weight is 272 g/mol. The van der Waals surface area contributed by atoms with Gasteiger partial charge in [-0.15, -0.1) is 0 Å². The molecule has 1 amide bonds. The van der Waals surface area contributed by atoms with Gasteiger partial charge in [-0.25, -0.2) is 0 Å². The van der Waals surface area contributed by atoms with E-state index in [2.05, 4.69) is 0 Å². The topological polar surface area (TPSA) is 86.2 Å². The van der Waals surface area contributed by atoms with Gasteiger partial charge in [0.2, 0.25) is 5.91 Å². The summed E-state index contributed by atoms with van der Waals surface area (Å²) >= 11 is 0. The third kappa shape index (κ3) is 6.30. The SMILES string of the molecule is NC(=O)CCc1ccccc1.O=[N+]([O-])c1ccccc1. The van der Waals surface area contributed by atoms with E-state index in [1.807, 2.05) is 30.3 Å². The normalized spacial score (nSPS) is 9.20. The zero-order valence-corrected chi connectivity index (χ0v) is 10.9. The van der Waals surface area contributed by atoms with Gasteiger partial charge < -0.3 is 5.73 Å². The number of carbonyl (C=O) groups is 1. The molecule has 5 nitrogen and oxygen atoms in total. The van der Waals surface area contributed by atoms with Gasteiger partial charge in [0.1, 0.15) is 0 Å². The van der Waals surface area contributed by atoms with E-state index in [9.17, 15) is 14.9 Å². The predicted octanol–water partition coefficient (Wildman–Crippen LogP) is 2.70. The number of nitrogens with zero attached hydrogens (tertiary/aromatic N) is 1. The summed E-state index contributed by atoms with van der Waals surface area (Å²) in [5.74, 6) is -0.242. The lowest BCUT2D eigenvalue weighted by atomic mass is 10.1. The summed E-state index contributed by atoms with van der Waals surface area (Å²) in [5.41, 5.74) is 6.30. The Morgan fingerprint density at radius 1 is 1.00 bits per heavy atom. The van der Waals surface area contributed by atoms with Gasteiger partial charge in [-0.1, -0.05) is 48.5 Å². The van der Waals surface area contributed by atoms with Crippen LogP contribution in [0.4, 0.5) is 5.69 Å². The van der Waals surface area contributed by atoms with Crippen LogP contribution in [-0.2, 0) is 11.2 Å². The molecule has 20 heavy (non-hydrogen) atoms. The zero-order valence-electron chi connectivity index (χ0n) is 10.9. The largest absolute Gasteiger partial charge is 0.370 e. The van der Waals surface area contributed by atoms with E-state index in [1.54, 1.807) is 18.2 Å². The van der Waals surface area contributed by atoms with E-state index in [-0.39, 0.29) is 11.6 Å². The molecule has 0 bridgehead atoms. The van der Waals surface area contributed by atoms with Crippen LogP contribution in [0.3, 0.4) is 0 Å². The van der Waals surface area contributed by atoms with Crippen LogP contribution < -0.4 is 5.73 Å². The molecule has 0 unspecified atom stereocenters. The molecule has 0 atom stereocenters. The number of rotatable bonds is 4. The summed E-state index contributed by atoms with van der Waals surface area (Å²) in [6.45, 7) is 0. The second-order valence-electron chi connectivity index (χ2n) is 4.04. The molecule has 2 N–H and O–H groups in total. The maximum Gasteiger partial charge on any atom is 0.269 e. The number of hydrogen-bond donors (Lipinski definition) is 1. The van der Waals surface area contributed by atoms with Crippen LogP contribution >= 0.6 is 0 Å². The third-order valence-electron chi connectivity index (χ3n) is 2.47. The van der Waals surface area contributed by atoms with Crippen molar-refractivity contribution >= 4 is 11.6 Å². The predicted molar refractivity (Wildman–Crippen MR) is 77.1 cm³/mol. The Hall–Kier alpha value is -2.69. The highest BCUT2D eigenvalue weighted by molar-refractivity contribution is 5.73. The molecule has 0 saturated heterocycles. The number of aryl methyl sites for hydroxylation is 1. The molecule has 5 heteroatoms. The van der Waals surface area contributed by atoms with Crippen LogP contribution in [0, 0.1) is 10.1 Å². The Bertz CT molecular complexity index is 542. The maximum absolute atomic E-state index is 10.4. The highest BCUT2D eigenvalue weighted by Crippen LogP contribution is 2.06. The highest BCUT2D eigenvalue weighted by atomic mass is 16.6. The summed E-state index contributed by atoms with van der Waals surface area (Å²) < 4.78 is 0. The lowest BCUT2D eigenvalue weighted by molar-refractivity contribution is -0.384. The third-order valence-corrected chi connectivity index (χ3v) is 2.47. The molecule has 0 aliphatic carbocycles. The fraction of sp³-hybridized carbons (Fsp3) is 0.133. The molecule has 2 aromatic rings. The van der Waals surface area contributed by atoms with Crippen LogP contribution in [0.15, 0.2) is 60.7 Å². The molecule has 104 valence electrons. The minimum absolute atomic E-state index is 0.137. The first-order valence-corrected chi connectivity index (χ1v) is 6.11. The zero-order chi connectivity index (χ0) is 14.8. The summed E-state index contributed by atoms with van der Waals surface area (Å²) in [5, 5.41) is 10.0. The molecule has 0 radical (unpaired) electrons. The first-order chi connectivity index (χ1) is 9.59. The second-order valence-corrected chi connectivity index (χ2v) is 4.04. The monoisotopic (exact) mass is 272 g/mol. The van der Waals surface area contributed by atoms with Crippen molar-refractivity contribution in [1.82, 2.24) is 0 Å². The Kier molecular flexibility index (Phi) is 6.47. The standard InChI is InChI=1S/C9H11NO.C6H5NO2/c10-9(11)7-6-8-4-2-1-3-5-8;8-7(9)6-4-2-1-3-5-6/h1-5H,6-7H2,(H2,10,11);1-5H. The van der Waals surface area contributed by atoms with Crippen molar-refractivity contribution in [3.05, 3.63) is 76.3 Å². The van der Waals surface area contributed by atoms with Gasteiger partial charge >= 0.3 is 0 Å². The van der Waals surface area contributed by atoms with Gasteiger partial charge in [0.05, 0.1) is 4.92 Å². The number of hydrogen-bond acceptors (Lipinski definition) is 3. The lowest BCUT2D eigenvalue weighted by Gasteiger charge is -1.96. The van der Waals surface area contributed by atoms with Crippen molar-refractivity contribution in [1.29, 1.82) is 0 Å². The number of primary amides is 1. The van der Waals surface area contributed by atoms with Crippen LogP contribution in [0.25, 0.3) is 0 Å². The summed E-state index contributed by atoms with van der Waals surface area (Å²) in [6, 6.07) is 17.8. The second kappa shape index (κ2) is 8.42. The molecular formula is C15H16N2O3. The fourth-order valence-electron chi connectivity index (χ4n) is 1.46. The van der Waals surface area contributed by atoms with Crippen LogP contribution in [0.5, 0.6) is 0 Å². The Morgan fingerprint density at radius 2 is 1.50 bits per heavy atom. The van der Waals surface area contributed by atoms with Crippen molar-refractivity contribution in [3.8, 4) is 0 Å². The van der Waals surface area contributed by atoms with Crippen LogP contribution in [0.1, 0.15) is 12.0 Å². The van der Waals surface area contributed by atoms with Gasteiger partial charge in [-0.05, 0) is 12.0 Å². The molecule has 0 heterocycles. The van der Waals surface area contributed by atoms with Crippen molar-refractivity contribution in [2.24, 2.45) is 5.73 Å². The van der Waals surface area contributed by atoms with Crippen LogP contribution in [0.2, 0.25) is 0 Å². The first-order valence-electron chi connectivity index (χ1n) is 6.11.